The largest absolute Gasteiger partial charge is 0.452 e. The molecule has 3 rings (SSSR count). The van der Waals surface area contributed by atoms with Crippen LogP contribution in [0.2, 0.25) is 0 Å². The highest BCUT2D eigenvalue weighted by atomic mass is 16.6. The Morgan fingerprint density at radius 1 is 1.39 bits per heavy atom. The number of aromatic nitrogens is 4. The van der Waals surface area contributed by atoms with Gasteiger partial charge in [0.1, 0.15) is 5.76 Å². The molecule has 0 fully saturated rings. The van der Waals surface area contributed by atoms with Gasteiger partial charge in [0.15, 0.2) is 12.4 Å². The van der Waals surface area contributed by atoms with E-state index in [4.69, 9.17) is 13.7 Å². The Kier molecular flexibility index (Phi) is 4.22. The summed E-state index contributed by atoms with van der Waals surface area (Å²) in [5, 5.41) is 7.87. The summed E-state index contributed by atoms with van der Waals surface area (Å²) in [6.45, 7) is 4.25. The van der Waals surface area contributed by atoms with Crippen molar-refractivity contribution in [3.05, 3.63) is 53.8 Å². The molecule has 8 heteroatoms. The first-order chi connectivity index (χ1) is 11.1. The first-order valence-electron chi connectivity index (χ1n) is 7.17. The van der Waals surface area contributed by atoms with Crippen LogP contribution in [0.5, 0.6) is 0 Å². The van der Waals surface area contributed by atoms with E-state index in [-0.39, 0.29) is 24.2 Å². The van der Waals surface area contributed by atoms with Crippen LogP contribution in [-0.4, -0.2) is 25.9 Å². The van der Waals surface area contributed by atoms with E-state index in [0.717, 1.165) is 0 Å². The number of ether oxygens (including phenoxy) is 1. The SMILES string of the molecule is CC(C)c1noc(COC(=O)c2ccc(Cn3cccn3)o2)n1. The van der Waals surface area contributed by atoms with Gasteiger partial charge < -0.3 is 13.7 Å². The second-order valence-electron chi connectivity index (χ2n) is 5.25. The zero-order valence-electron chi connectivity index (χ0n) is 12.8. The highest BCUT2D eigenvalue weighted by Crippen LogP contribution is 2.13. The van der Waals surface area contributed by atoms with Crippen LogP contribution in [0.15, 0.2) is 39.5 Å². The maximum Gasteiger partial charge on any atom is 0.374 e. The molecular weight excluding hydrogens is 300 g/mol. The third-order valence-corrected chi connectivity index (χ3v) is 3.07. The van der Waals surface area contributed by atoms with Gasteiger partial charge in [-0.2, -0.15) is 10.1 Å². The minimum Gasteiger partial charge on any atom is -0.452 e. The molecule has 0 spiro atoms. The summed E-state index contributed by atoms with van der Waals surface area (Å²) in [6, 6.07) is 5.09. The number of hydrogen-bond donors (Lipinski definition) is 0. The molecule has 0 atom stereocenters. The molecule has 0 amide bonds. The fraction of sp³-hybridized carbons (Fsp3) is 0.333. The Morgan fingerprint density at radius 2 is 2.26 bits per heavy atom. The number of rotatable bonds is 6. The number of esters is 1. The Balaban J connectivity index is 1.56. The first kappa shape index (κ1) is 15.0. The number of nitrogens with zero attached hydrogens (tertiary/aromatic N) is 4. The standard InChI is InChI=1S/C15H16N4O4/c1-10(2)14-17-13(23-18-14)9-21-15(20)12-5-4-11(22-12)8-19-7-3-6-16-19/h3-7,10H,8-9H2,1-2H3. The lowest BCUT2D eigenvalue weighted by Crippen LogP contribution is -2.04. The van der Waals surface area contributed by atoms with Crippen molar-refractivity contribution in [3.63, 3.8) is 0 Å². The molecule has 3 aromatic heterocycles. The van der Waals surface area contributed by atoms with Crippen molar-refractivity contribution in [2.75, 3.05) is 0 Å². The van der Waals surface area contributed by atoms with E-state index in [2.05, 4.69) is 15.2 Å². The molecule has 8 nitrogen and oxygen atoms in total. The predicted octanol–water partition coefficient (Wildman–Crippen LogP) is 2.39. The maximum atomic E-state index is 11.9. The third-order valence-electron chi connectivity index (χ3n) is 3.07. The van der Waals surface area contributed by atoms with Crippen LogP contribution in [0.3, 0.4) is 0 Å². The van der Waals surface area contributed by atoms with Crippen molar-refractivity contribution < 1.29 is 18.5 Å². The molecular formula is C15H16N4O4. The topological polar surface area (TPSA) is 96.2 Å². The molecule has 23 heavy (non-hydrogen) atoms. The number of furan rings is 1. The average molecular weight is 316 g/mol. The molecule has 0 saturated carbocycles. The van der Waals surface area contributed by atoms with Gasteiger partial charge in [0, 0.05) is 18.3 Å². The molecule has 3 aromatic rings. The van der Waals surface area contributed by atoms with Crippen molar-refractivity contribution in [3.8, 4) is 0 Å². The average Bonchev–Trinajstić information content (AvgIpc) is 3.27. The van der Waals surface area contributed by atoms with E-state index in [1.54, 1.807) is 23.0 Å². The summed E-state index contributed by atoms with van der Waals surface area (Å²) in [4.78, 5) is 16.1. The van der Waals surface area contributed by atoms with Crippen molar-refractivity contribution in [2.45, 2.75) is 32.9 Å². The first-order valence-corrected chi connectivity index (χ1v) is 7.17. The molecule has 0 unspecified atom stereocenters. The minimum absolute atomic E-state index is 0.0895. The normalized spacial score (nSPS) is 11.1. The fourth-order valence-corrected chi connectivity index (χ4v) is 1.89. The van der Waals surface area contributed by atoms with Gasteiger partial charge in [-0.1, -0.05) is 19.0 Å². The van der Waals surface area contributed by atoms with E-state index in [1.807, 2.05) is 26.1 Å². The van der Waals surface area contributed by atoms with Gasteiger partial charge in [-0.3, -0.25) is 4.68 Å². The van der Waals surface area contributed by atoms with Crippen LogP contribution in [0, 0.1) is 0 Å². The van der Waals surface area contributed by atoms with Crippen molar-refractivity contribution in [1.29, 1.82) is 0 Å². The summed E-state index contributed by atoms with van der Waals surface area (Å²) in [6.07, 6.45) is 3.48. The van der Waals surface area contributed by atoms with E-state index >= 15 is 0 Å². The van der Waals surface area contributed by atoms with Gasteiger partial charge in [0.2, 0.25) is 5.76 Å². The Bertz CT molecular complexity index is 773. The molecule has 0 N–H and O–H groups in total. The number of hydrogen-bond acceptors (Lipinski definition) is 7. The summed E-state index contributed by atoms with van der Waals surface area (Å²) < 4.78 is 17.3. The lowest BCUT2D eigenvalue weighted by Gasteiger charge is -1.99. The maximum absolute atomic E-state index is 11.9. The van der Waals surface area contributed by atoms with E-state index in [9.17, 15) is 4.79 Å². The van der Waals surface area contributed by atoms with Crippen LogP contribution in [-0.2, 0) is 17.9 Å². The monoisotopic (exact) mass is 316 g/mol. The molecule has 0 aromatic carbocycles. The quantitative estimate of drug-likeness (QED) is 0.644. The van der Waals surface area contributed by atoms with Gasteiger partial charge in [0.25, 0.3) is 5.89 Å². The second-order valence-corrected chi connectivity index (χ2v) is 5.25. The summed E-state index contributed by atoms with van der Waals surface area (Å²) >= 11 is 0. The summed E-state index contributed by atoms with van der Waals surface area (Å²) in [5.74, 6) is 1.14. The van der Waals surface area contributed by atoms with Gasteiger partial charge in [-0.15, -0.1) is 0 Å². The van der Waals surface area contributed by atoms with Crippen LogP contribution in [0.4, 0.5) is 0 Å². The lowest BCUT2D eigenvalue weighted by atomic mass is 10.2. The highest BCUT2D eigenvalue weighted by Gasteiger charge is 2.16. The van der Waals surface area contributed by atoms with E-state index < -0.39 is 5.97 Å². The van der Waals surface area contributed by atoms with E-state index in [0.29, 0.717) is 18.1 Å². The van der Waals surface area contributed by atoms with Gasteiger partial charge in [0.05, 0.1) is 6.54 Å². The second kappa shape index (κ2) is 6.47. The minimum atomic E-state index is -0.582. The van der Waals surface area contributed by atoms with Gasteiger partial charge in [-0.05, 0) is 18.2 Å². The summed E-state index contributed by atoms with van der Waals surface area (Å²) in [5.41, 5.74) is 0. The zero-order valence-corrected chi connectivity index (χ0v) is 12.8. The Hall–Kier alpha value is -2.90. The molecule has 0 saturated heterocycles. The summed E-state index contributed by atoms with van der Waals surface area (Å²) in [7, 11) is 0. The smallest absolute Gasteiger partial charge is 0.374 e. The van der Waals surface area contributed by atoms with Crippen LogP contribution in [0.1, 0.15) is 47.8 Å². The number of carbonyl (C=O) groups is 1. The van der Waals surface area contributed by atoms with Gasteiger partial charge in [-0.25, -0.2) is 4.79 Å². The van der Waals surface area contributed by atoms with Crippen molar-refractivity contribution in [2.24, 2.45) is 0 Å². The molecule has 0 aliphatic rings. The third kappa shape index (κ3) is 3.65. The molecule has 0 aliphatic carbocycles. The van der Waals surface area contributed by atoms with Gasteiger partial charge >= 0.3 is 5.97 Å². The predicted molar refractivity (Wildman–Crippen MR) is 77.5 cm³/mol. The lowest BCUT2D eigenvalue weighted by molar-refractivity contribution is 0.0391. The van der Waals surface area contributed by atoms with Crippen molar-refractivity contribution >= 4 is 5.97 Å². The highest BCUT2D eigenvalue weighted by molar-refractivity contribution is 5.86. The Labute approximate surface area is 132 Å². The molecule has 0 aliphatic heterocycles. The fourth-order valence-electron chi connectivity index (χ4n) is 1.89. The molecule has 120 valence electrons. The Morgan fingerprint density at radius 3 is 2.96 bits per heavy atom. The zero-order chi connectivity index (χ0) is 16.2. The van der Waals surface area contributed by atoms with E-state index in [1.165, 1.54) is 0 Å². The van der Waals surface area contributed by atoms with Crippen molar-refractivity contribution in [1.82, 2.24) is 19.9 Å². The number of carbonyl (C=O) groups excluding carboxylic acids is 1. The van der Waals surface area contributed by atoms with Crippen LogP contribution < -0.4 is 0 Å². The molecule has 3 heterocycles. The molecule has 0 radical (unpaired) electrons. The molecule has 0 bridgehead atoms. The van der Waals surface area contributed by atoms with Crippen LogP contribution in [0.25, 0.3) is 0 Å². The van der Waals surface area contributed by atoms with Crippen LogP contribution >= 0.6 is 0 Å².